The van der Waals surface area contributed by atoms with Crippen LogP contribution in [0.2, 0.25) is 0 Å². The van der Waals surface area contributed by atoms with Crippen molar-refractivity contribution in [3.8, 4) is 0 Å². The molecule has 1 saturated heterocycles. The number of ether oxygens (including phenoxy) is 1. The van der Waals surface area contributed by atoms with E-state index >= 15 is 0 Å². The number of benzene rings is 1. The van der Waals surface area contributed by atoms with Crippen molar-refractivity contribution in [2.45, 2.75) is 32.6 Å². The first-order valence-corrected chi connectivity index (χ1v) is 8.47. The normalized spacial score (nSPS) is 18.7. The molecule has 1 aliphatic heterocycles. The number of nitrogens with zero attached hydrogens (tertiary/aromatic N) is 2. The molecule has 1 aromatic heterocycles. The molecule has 2 atom stereocenters. The molecule has 1 fully saturated rings. The molecule has 138 valence electrons. The molecule has 26 heavy (non-hydrogen) atoms. The van der Waals surface area contributed by atoms with Gasteiger partial charge in [-0.25, -0.2) is 4.79 Å². The number of amides is 3. The Balaban J connectivity index is 1.59. The van der Waals surface area contributed by atoms with Gasteiger partial charge in [0.25, 0.3) is 5.91 Å². The minimum Gasteiger partial charge on any atom is -0.467 e. The molecular weight excluding hydrogens is 336 g/mol. The maximum absolute atomic E-state index is 12.7. The lowest BCUT2D eigenvalue weighted by atomic mass is 10.2. The molecule has 0 saturated carbocycles. The first-order chi connectivity index (χ1) is 12.5. The summed E-state index contributed by atoms with van der Waals surface area (Å²) in [5, 5.41) is 10.1. The fourth-order valence-electron chi connectivity index (χ4n) is 2.89. The smallest absolute Gasteiger partial charge is 0.332 e. The van der Waals surface area contributed by atoms with Crippen LogP contribution >= 0.6 is 0 Å². The van der Waals surface area contributed by atoms with Gasteiger partial charge in [-0.05, 0) is 38.1 Å². The van der Waals surface area contributed by atoms with Crippen molar-refractivity contribution in [3.63, 3.8) is 0 Å². The number of aryl methyl sites for hydroxylation is 1. The summed E-state index contributed by atoms with van der Waals surface area (Å²) in [6.45, 7) is 3.74. The van der Waals surface area contributed by atoms with Gasteiger partial charge >= 0.3 is 6.03 Å². The second kappa shape index (κ2) is 7.72. The Morgan fingerprint density at radius 2 is 1.96 bits per heavy atom. The van der Waals surface area contributed by atoms with Crippen molar-refractivity contribution in [2.24, 2.45) is 0 Å². The highest BCUT2D eigenvalue weighted by atomic mass is 16.5. The molecule has 1 aliphatic rings. The number of anilines is 1. The summed E-state index contributed by atoms with van der Waals surface area (Å²) in [4.78, 5) is 27.6. The number of aliphatic hydroxyl groups is 1. The third-order valence-electron chi connectivity index (χ3n) is 4.29. The number of aliphatic hydroxyl groups excluding tert-OH is 1. The Hall–Kier alpha value is -2.64. The molecule has 0 radical (unpaired) electrons. The summed E-state index contributed by atoms with van der Waals surface area (Å²) in [6, 6.07) is 9.86. The summed E-state index contributed by atoms with van der Waals surface area (Å²) in [7, 11) is 0. The number of rotatable bonds is 7. The maximum atomic E-state index is 12.7. The van der Waals surface area contributed by atoms with Crippen LogP contribution in [0.3, 0.4) is 0 Å². The molecule has 0 spiro atoms. The van der Waals surface area contributed by atoms with Gasteiger partial charge in [-0.2, -0.15) is 0 Å². The number of urea groups is 1. The van der Waals surface area contributed by atoms with E-state index in [9.17, 15) is 14.7 Å². The van der Waals surface area contributed by atoms with E-state index in [1.165, 1.54) is 11.2 Å². The molecule has 0 unspecified atom stereocenters. The highest BCUT2D eigenvalue weighted by molar-refractivity contribution is 6.14. The van der Waals surface area contributed by atoms with Gasteiger partial charge in [-0.3, -0.25) is 14.6 Å². The number of hydrogen-bond donors (Lipinski definition) is 1. The molecule has 1 aromatic carbocycles. The van der Waals surface area contributed by atoms with Gasteiger partial charge in [0.05, 0.1) is 25.5 Å². The topological polar surface area (TPSA) is 83.2 Å². The standard InChI is InChI=1S/C19H22N2O5/c1-13-5-7-15(8-6-13)21-14(2)18(23)20(19(21)24)10-16(22)11-25-12-17-4-3-9-26-17/h3-9,14,16,22H,10-12H2,1-2H3/t14-,16-/m1/s1. The van der Waals surface area contributed by atoms with Gasteiger partial charge in [0.2, 0.25) is 0 Å². The van der Waals surface area contributed by atoms with Crippen LogP contribution in [0.1, 0.15) is 18.2 Å². The van der Waals surface area contributed by atoms with Crippen molar-refractivity contribution in [1.29, 1.82) is 0 Å². The fourth-order valence-corrected chi connectivity index (χ4v) is 2.89. The Morgan fingerprint density at radius 3 is 2.62 bits per heavy atom. The molecule has 7 heteroatoms. The van der Waals surface area contributed by atoms with E-state index in [1.54, 1.807) is 19.1 Å². The molecule has 3 amide bonds. The largest absolute Gasteiger partial charge is 0.467 e. The van der Waals surface area contributed by atoms with Gasteiger partial charge in [-0.15, -0.1) is 0 Å². The van der Waals surface area contributed by atoms with Crippen LogP contribution in [0, 0.1) is 6.92 Å². The number of hydrogen-bond acceptors (Lipinski definition) is 5. The third kappa shape index (κ3) is 3.79. The second-order valence-corrected chi connectivity index (χ2v) is 6.36. The Morgan fingerprint density at radius 1 is 1.23 bits per heavy atom. The number of carbonyl (C=O) groups is 2. The van der Waals surface area contributed by atoms with Crippen LogP contribution in [0.5, 0.6) is 0 Å². The number of furan rings is 1. The van der Waals surface area contributed by atoms with Crippen LogP contribution in [-0.4, -0.2) is 47.2 Å². The van der Waals surface area contributed by atoms with Crippen LogP contribution < -0.4 is 4.90 Å². The number of β-amino-alcohol motifs (C(OH)–C–C–N with tert-alkyl or cyclic N) is 1. The Kier molecular flexibility index (Phi) is 5.39. The van der Waals surface area contributed by atoms with Gasteiger partial charge in [0.15, 0.2) is 0 Å². The van der Waals surface area contributed by atoms with E-state index in [2.05, 4.69) is 0 Å². The van der Waals surface area contributed by atoms with Crippen LogP contribution in [0.4, 0.5) is 10.5 Å². The van der Waals surface area contributed by atoms with Gasteiger partial charge in [0, 0.05) is 5.69 Å². The highest BCUT2D eigenvalue weighted by Crippen LogP contribution is 2.26. The molecule has 7 nitrogen and oxygen atoms in total. The lowest BCUT2D eigenvalue weighted by molar-refractivity contribution is -0.128. The van der Waals surface area contributed by atoms with Gasteiger partial charge < -0.3 is 14.3 Å². The minimum absolute atomic E-state index is 0.00330. The molecule has 3 rings (SSSR count). The first kappa shape index (κ1) is 18.2. The summed E-state index contributed by atoms with van der Waals surface area (Å²) in [6.07, 6.45) is 0.570. The fraction of sp³-hybridized carbons (Fsp3) is 0.368. The second-order valence-electron chi connectivity index (χ2n) is 6.36. The quantitative estimate of drug-likeness (QED) is 0.768. The molecule has 2 heterocycles. The summed E-state index contributed by atoms with van der Waals surface area (Å²) in [5.74, 6) is 0.311. The van der Waals surface area contributed by atoms with Crippen molar-refractivity contribution < 1.29 is 23.8 Å². The Bertz CT molecular complexity index is 757. The summed E-state index contributed by atoms with van der Waals surface area (Å²) >= 11 is 0. The SMILES string of the molecule is Cc1ccc(N2C(=O)N(C[C@@H](O)COCc3ccco3)C(=O)[C@H]2C)cc1. The van der Waals surface area contributed by atoms with Crippen LogP contribution in [0.25, 0.3) is 0 Å². The van der Waals surface area contributed by atoms with Crippen molar-refractivity contribution in [2.75, 3.05) is 18.1 Å². The zero-order valence-electron chi connectivity index (χ0n) is 14.8. The third-order valence-corrected chi connectivity index (χ3v) is 4.29. The average molecular weight is 358 g/mol. The maximum Gasteiger partial charge on any atom is 0.332 e. The summed E-state index contributed by atoms with van der Waals surface area (Å²) in [5.41, 5.74) is 1.73. The zero-order chi connectivity index (χ0) is 18.7. The lowest BCUT2D eigenvalue weighted by Gasteiger charge is -2.20. The van der Waals surface area contributed by atoms with E-state index < -0.39 is 18.2 Å². The van der Waals surface area contributed by atoms with E-state index in [-0.39, 0.29) is 25.7 Å². The monoisotopic (exact) mass is 358 g/mol. The van der Waals surface area contributed by atoms with E-state index in [1.807, 2.05) is 31.2 Å². The average Bonchev–Trinajstić information content (AvgIpc) is 3.20. The first-order valence-electron chi connectivity index (χ1n) is 8.47. The van der Waals surface area contributed by atoms with Crippen LogP contribution in [0.15, 0.2) is 47.1 Å². The van der Waals surface area contributed by atoms with E-state index in [4.69, 9.17) is 9.15 Å². The van der Waals surface area contributed by atoms with Crippen LogP contribution in [-0.2, 0) is 16.1 Å². The lowest BCUT2D eigenvalue weighted by Crippen LogP contribution is -2.40. The molecule has 1 N–H and O–H groups in total. The van der Waals surface area contributed by atoms with Gasteiger partial charge in [-0.1, -0.05) is 17.7 Å². The molecule has 0 aliphatic carbocycles. The molecule has 0 bridgehead atoms. The summed E-state index contributed by atoms with van der Waals surface area (Å²) < 4.78 is 10.5. The van der Waals surface area contributed by atoms with Crippen molar-refractivity contribution in [1.82, 2.24) is 4.90 Å². The zero-order valence-corrected chi connectivity index (χ0v) is 14.8. The number of imide groups is 1. The molecule has 2 aromatic rings. The number of carbonyl (C=O) groups excluding carboxylic acids is 2. The van der Waals surface area contributed by atoms with Gasteiger partial charge in [0.1, 0.15) is 18.4 Å². The van der Waals surface area contributed by atoms with E-state index in [0.29, 0.717) is 11.4 Å². The molecular formula is C19H22N2O5. The van der Waals surface area contributed by atoms with Crippen molar-refractivity contribution in [3.05, 3.63) is 54.0 Å². The predicted octanol–water partition coefficient (Wildman–Crippen LogP) is 2.32. The Labute approximate surface area is 151 Å². The van der Waals surface area contributed by atoms with Crippen molar-refractivity contribution >= 4 is 17.6 Å². The highest BCUT2D eigenvalue weighted by Gasteiger charge is 2.43. The minimum atomic E-state index is -0.969. The predicted molar refractivity (Wildman–Crippen MR) is 94.6 cm³/mol. The van der Waals surface area contributed by atoms with E-state index in [0.717, 1.165) is 10.5 Å².